The molecule has 0 aliphatic carbocycles. The van der Waals surface area contributed by atoms with Crippen molar-refractivity contribution in [3.8, 4) is 0 Å². The molecule has 2 heterocycles. The zero-order valence-electron chi connectivity index (χ0n) is 13.2. The van der Waals surface area contributed by atoms with Gasteiger partial charge < -0.3 is 4.90 Å². The maximum absolute atomic E-state index is 12.5. The predicted molar refractivity (Wildman–Crippen MR) is 91.6 cm³/mol. The van der Waals surface area contributed by atoms with Crippen molar-refractivity contribution in [2.45, 2.75) is 17.7 Å². The summed E-state index contributed by atoms with van der Waals surface area (Å²) in [6, 6.07) is 14.7. The van der Waals surface area contributed by atoms with Crippen molar-refractivity contribution in [3.63, 3.8) is 0 Å². The molecule has 2 aromatic carbocycles. The molecule has 0 saturated heterocycles. The number of anilines is 1. The van der Waals surface area contributed by atoms with E-state index in [-0.39, 0.29) is 17.0 Å². The lowest BCUT2D eigenvalue weighted by Crippen LogP contribution is -2.33. The molecule has 0 unspecified atom stereocenters. The fraction of sp³-hybridized carbons (Fsp3) is 0.278. The summed E-state index contributed by atoms with van der Waals surface area (Å²) in [6.07, 6.45) is 1.63. The molecular weight excluding hydrogens is 324 g/mol. The van der Waals surface area contributed by atoms with Gasteiger partial charge >= 0.3 is 0 Å². The highest BCUT2D eigenvalue weighted by atomic mass is 32.2. The zero-order valence-corrected chi connectivity index (χ0v) is 14.0. The highest BCUT2D eigenvalue weighted by Crippen LogP contribution is 2.31. The van der Waals surface area contributed by atoms with E-state index in [0.717, 1.165) is 23.8 Å². The molecule has 1 amide bonds. The summed E-state index contributed by atoms with van der Waals surface area (Å²) in [5.74, 6) is -0.410. The molecule has 0 aromatic heterocycles. The molecule has 24 heavy (non-hydrogen) atoms. The molecule has 2 aliphatic rings. The average Bonchev–Trinajstić information content (AvgIpc) is 3.08. The summed E-state index contributed by atoms with van der Waals surface area (Å²) in [6.45, 7) is 1.90. The summed E-state index contributed by atoms with van der Waals surface area (Å²) in [5, 5.41) is 0. The van der Waals surface area contributed by atoms with Crippen LogP contribution in [-0.2, 0) is 16.4 Å². The van der Waals surface area contributed by atoms with Gasteiger partial charge in [-0.1, -0.05) is 30.3 Å². The Kier molecular flexibility index (Phi) is 3.57. The second-order valence-corrected chi connectivity index (χ2v) is 7.93. The number of nitrogens with zero attached hydrogens (tertiary/aromatic N) is 2. The molecule has 2 aromatic rings. The highest BCUT2D eigenvalue weighted by Gasteiger charge is 2.40. The molecule has 2 aliphatic heterocycles. The molecular formula is C18H18N2O3S. The number of sulfonamides is 1. The minimum atomic E-state index is -3.69. The third-order valence-electron chi connectivity index (χ3n) is 4.68. The van der Waals surface area contributed by atoms with Gasteiger partial charge in [-0.2, -0.15) is 0 Å². The Balaban J connectivity index is 1.45. The van der Waals surface area contributed by atoms with E-state index in [1.165, 1.54) is 17.3 Å². The molecule has 0 fully saturated rings. The molecule has 4 rings (SSSR count). The number of hydrogen-bond acceptors (Lipinski definition) is 4. The van der Waals surface area contributed by atoms with Crippen LogP contribution in [-0.4, -0.2) is 38.3 Å². The minimum absolute atomic E-state index is 0.126. The maximum Gasteiger partial charge on any atom is 0.269 e. The standard InChI is InChI=1S/C18H18N2O3S/c21-18-15-7-2-4-9-17(15)24(22,23)20(18)12-5-11-19-13-10-14-6-1-3-8-16(14)19/h1-4,6-9H,5,10-13H2. The average molecular weight is 342 g/mol. The van der Waals surface area contributed by atoms with E-state index in [4.69, 9.17) is 0 Å². The number of benzene rings is 2. The summed E-state index contributed by atoms with van der Waals surface area (Å²) in [4.78, 5) is 14.8. The van der Waals surface area contributed by atoms with Crippen LogP contribution in [0.25, 0.3) is 0 Å². The van der Waals surface area contributed by atoms with Crippen LogP contribution < -0.4 is 4.90 Å². The van der Waals surface area contributed by atoms with Crippen LogP contribution in [0.4, 0.5) is 5.69 Å². The number of carbonyl (C=O) groups is 1. The molecule has 0 radical (unpaired) electrons. The lowest BCUT2D eigenvalue weighted by molar-refractivity contribution is 0.0870. The van der Waals surface area contributed by atoms with E-state index in [2.05, 4.69) is 17.0 Å². The van der Waals surface area contributed by atoms with Gasteiger partial charge in [-0.25, -0.2) is 12.7 Å². The van der Waals surface area contributed by atoms with Crippen LogP contribution in [0, 0.1) is 0 Å². The van der Waals surface area contributed by atoms with Crippen LogP contribution in [0.5, 0.6) is 0 Å². The number of carbonyl (C=O) groups excluding carboxylic acids is 1. The van der Waals surface area contributed by atoms with Crippen LogP contribution in [0.2, 0.25) is 0 Å². The quantitative estimate of drug-likeness (QED) is 0.855. The monoisotopic (exact) mass is 342 g/mol. The first kappa shape index (κ1) is 15.2. The van der Waals surface area contributed by atoms with E-state index >= 15 is 0 Å². The Morgan fingerprint density at radius 3 is 2.54 bits per heavy atom. The largest absolute Gasteiger partial charge is 0.371 e. The Labute approximate surface area is 141 Å². The lowest BCUT2D eigenvalue weighted by atomic mass is 10.2. The van der Waals surface area contributed by atoms with Gasteiger partial charge in [0.2, 0.25) is 0 Å². The number of amides is 1. The topological polar surface area (TPSA) is 57.7 Å². The second-order valence-electron chi connectivity index (χ2n) is 6.10. The summed E-state index contributed by atoms with van der Waals surface area (Å²) < 4.78 is 26.0. The van der Waals surface area contributed by atoms with Crippen LogP contribution in [0.1, 0.15) is 22.3 Å². The van der Waals surface area contributed by atoms with Crippen LogP contribution in [0.3, 0.4) is 0 Å². The van der Waals surface area contributed by atoms with E-state index in [1.54, 1.807) is 18.2 Å². The second kappa shape index (κ2) is 5.63. The third-order valence-corrected chi connectivity index (χ3v) is 6.53. The Bertz CT molecular complexity index is 908. The Morgan fingerprint density at radius 1 is 0.958 bits per heavy atom. The first-order chi connectivity index (χ1) is 11.6. The summed E-state index contributed by atoms with van der Waals surface area (Å²) in [5.41, 5.74) is 2.83. The third kappa shape index (κ3) is 2.29. The molecule has 0 saturated carbocycles. The fourth-order valence-corrected chi connectivity index (χ4v) is 5.10. The normalized spacial score (nSPS) is 17.9. The van der Waals surface area contributed by atoms with Gasteiger partial charge in [0.15, 0.2) is 0 Å². The van der Waals surface area contributed by atoms with Crippen molar-refractivity contribution in [1.29, 1.82) is 0 Å². The number of rotatable bonds is 4. The van der Waals surface area contributed by atoms with Gasteiger partial charge in [0, 0.05) is 25.3 Å². The molecule has 0 spiro atoms. The van der Waals surface area contributed by atoms with Crippen molar-refractivity contribution in [3.05, 3.63) is 59.7 Å². The van der Waals surface area contributed by atoms with Crippen molar-refractivity contribution < 1.29 is 13.2 Å². The molecule has 6 heteroatoms. The SMILES string of the molecule is O=C1c2ccccc2S(=O)(=O)N1CCCN1CCc2ccccc21. The first-order valence-electron chi connectivity index (χ1n) is 8.08. The first-order valence-corrected chi connectivity index (χ1v) is 9.52. The van der Waals surface area contributed by atoms with E-state index in [9.17, 15) is 13.2 Å². The summed E-state index contributed by atoms with van der Waals surface area (Å²) >= 11 is 0. The number of hydrogen-bond donors (Lipinski definition) is 0. The summed E-state index contributed by atoms with van der Waals surface area (Å²) in [7, 11) is -3.69. The van der Waals surface area contributed by atoms with Crippen LogP contribution >= 0.6 is 0 Å². The zero-order chi connectivity index (χ0) is 16.7. The molecule has 0 atom stereocenters. The van der Waals surface area contributed by atoms with Gasteiger partial charge in [-0.05, 0) is 36.6 Å². The predicted octanol–water partition coefficient (Wildman–Crippen LogP) is 2.28. The Morgan fingerprint density at radius 2 is 1.71 bits per heavy atom. The van der Waals surface area contributed by atoms with Gasteiger partial charge in [-0.15, -0.1) is 0 Å². The Hall–Kier alpha value is -2.34. The van der Waals surface area contributed by atoms with Gasteiger partial charge in [0.25, 0.3) is 15.9 Å². The van der Waals surface area contributed by atoms with Crippen molar-refractivity contribution >= 4 is 21.6 Å². The van der Waals surface area contributed by atoms with Gasteiger partial charge in [-0.3, -0.25) is 4.79 Å². The maximum atomic E-state index is 12.5. The van der Waals surface area contributed by atoms with E-state index < -0.39 is 15.9 Å². The number of fused-ring (bicyclic) bond motifs is 2. The molecule has 0 N–H and O–H groups in total. The van der Waals surface area contributed by atoms with Crippen LogP contribution in [0.15, 0.2) is 53.4 Å². The fourth-order valence-electron chi connectivity index (χ4n) is 3.50. The van der Waals surface area contributed by atoms with E-state index in [1.807, 2.05) is 12.1 Å². The van der Waals surface area contributed by atoms with Gasteiger partial charge in [0.1, 0.15) is 4.90 Å². The van der Waals surface area contributed by atoms with Gasteiger partial charge in [0.05, 0.1) is 5.56 Å². The molecule has 5 nitrogen and oxygen atoms in total. The number of para-hydroxylation sites is 1. The minimum Gasteiger partial charge on any atom is -0.371 e. The smallest absolute Gasteiger partial charge is 0.269 e. The van der Waals surface area contributed by atoms with Crippen molar-refractivity contribution in [2.24, 2.45) is 0 Å². The molecule has 0 bridgehead atoms. The van der Waals surface area contributed by atoms with Crippen molar-refractivity contribution in [1.82, 2.24) is 4.31 Å². The van der Waals surface area contributed by atoms with E-state index in [0.29, 0.717) is 6.42 Å². The molecule has 124 valence electrons. The van der Waals surface area contributed by atoms with Crippen molar-refractivity contribution in [2.75, 3.05) is 24.5 Å². The highest BCUT2D eigenvalue weighted by molar-refractivity contribution is 7.90. The lowest BCUT2D eigenvalue weighted by Gasteiger charge is -2.21.